The van der Waals surface area contributed by atoms with Gasteiger partial charge < -0.3 is 10.2 Å². The molecule has 2 aromatic carbocycles. The van der Waals surface area contributed by atoms with Crippen molar-refractivity contribution in [2.75, 3.05) is 6.54 Å². The molecule has 162 valence electrons. The van der Waals surface area contributed by atoms with Gasteiger partial charge in [0.2, 0.25) is 11.8 Å². The van der Waals surface area contributed by atoms with Gasteiger partial charge >= 0.3 is 0 Å². The zero-order valence-electron chi connectivity index (χ0n) is 16.9. The molecule has 0 spiro atoms. The predicted molar refractivity (Wildman–Crippen MR) is 125 cm³/mol. The molecule has 4 nitrogen and oxygen atoms in total. The predicted octanol–water partition coefficient (Wildman–Crippen LogP) is 6.18. The molecule has 0 aliphatic rings. The molecule has 1 atom stereocenters. The molecule has 0 aliphatic heterocycles. The molecule has 0 fully saturated rings. The van der Waals surface area contributed by atoms with E-state index in [4.69, 9.17) is 46.4 Å². The van der Waals surface area contributed by atoms with Crippen LogP contribution in [0.5, 0.6) is 0 Å². The minimum Gasteiger partial charge on any atom is -0.354 e. The van der Waals surface area contributed by atoms with Crippen molar-refractivity contribution in [1.29, 1.82) is 0 Å². The average molecular weight is 490 g/mol. The summed E-state index contributed by atoms with van der Waals surface area (Å²) in [5, 5.41) is 4.72. The van der Waals surface area contributed by atoms with Gasteiger partial charge in [0.25, 0.3) is 0 Å². The van der Waals surface area contributed by atoms with Crippen LogP contribution in [0.2, 0.25) is 20.1 Å². The van der Waals surface area contributed by atoms with E-state index in [1.54, 1.807) is 41.3 Å². The molecule has 30 heavy (non-hydrogen) atoms. The number of carbonyl (C=O) groups excluding carboxylic acids is 2. The Morgan fingerprint density at radius 3 is 2.00 bits per heavy atom. The zero-order chi connectivity index (χ0) is 22.3. The second-order valence-electron chi connectivity index (χ2n) is 6.88. The monoisotopic (exact) mass is 488 g/mol. The molecule has 0 bridgehead atoms. The molecule has 0 saturated heterocycles. The van der Waals surface area contributed by atoms with E-state index >= 15 is 0 Å². The highest BCUT2D eigenvalue weighted by atomic mass is 35.5. The third-order valence-electron chi connectivity index (χ3n) is 4.65. The second kappa shape index (κ2) is 11.8. The number of carbonyl (C=O) groups is 2. The van der Waals surface area contributed by atoms with Crippen molar-refractivity contribution < 1.29 is 9.59 Å². The van der Waals surface area contributed by atoms with E-state index in [2.05, 4.69) is 5.32 Å². The smallest absolute Gasteiger partial charge is 0.242 e. The zero-order valence-corrected chi connectivity index (χ0v) is 19.9. The highest BCUT2D eigenvalue weighted by molar-refractivity contribution is 6.35. The summed E-state index contributed by atoms with van der Waals surface area (Å²) < 4.78 is 0. The standard InChI is InChI=1S/C22H24Cl4N2O2/c1-3-9-27-22(30)20(4-2)28(13-15-6-8-17(24)12-19(15)26)21(29)10-14-5-7-16(23)11-18(14)25/h5-8,11-12,20H,3-4,9-10,13H2,1-2H3,(H,27,30). The van der Waals surface area contributed by atoms with Crippen molar-refractivity contribution in [3.8, 4) is 0 Å². The van der Waals surface area contributed by atoms with E-state index in [-0.39, 0.29) is 24.8 Å². The van der Waals surface area contributed by atoms with Gasteiger partial charge in [-0.3, -0.25) is 9.59 Å². The van der Waals surface area contributed by atoms with E-state index < -0.39 is 6.04 Å². The first kappa shape index (κ1) is 24.8. The number of hydrogen-bond donors (Lipinski definition) is 1. The maximum Gasteiger partial charge on any atom is 0.242 e. The lowest BCUT2D eigenvalue weighted by molar-refractivity contribution is -0.140. The lowest BCUT2D eigenvalue weighted by atomic mass is 10.1. The Balaban J connectivity index is 2.35. The summed E-state index contributed by atoms with van der Waals surface area (Å²) in [6.45, 7) is 4.57. The maximum atomic E-state index is 13.3. The fourth-order valence-electron chi connectivity index (χ4n) is 3.05. The van der Waals surface area contributed by atoms with Crippen molar-refractivity contribution in [1.82, 2.24) is 10.2 Å². The van der Waals surface area contributed by atoms with Crippen LogP contribution in [0.4, 0.5) is 0 Å². The van der Waals surface area contributed by atoms with Gasteiger partial charge in [-0.2, -0.15) is 0 Å². The number of benzene rings is 2. The van der Waals surface area contributed by atoms with E-state index in [1.807, 2.05) is 13.8 Å². The van der Waals surface area contributed by atoms with Gasteiger partial charge in [-0.25, -0.2) is 0 Å². The fourth-order valence-corrected chi connectivity index (χ4v) is 3.99. The van der Waals surface area contributed by atoms with Crippen LogP contribution in [0, 0.1) is 0 Å². The highest BCUT2D eigenvalue weighted by Crippen LogP contribution is 2.26. The van der Waals surface area contributed by atoms with Crippen molar-refractivity contribution in [2.24, 2.45) is 0 Å². The van der Waals surface area contributed by atoms with Crippen LogP contribution < -0.4 is 5.32 Å². The number of nitrogens with one attached hydrogen (secondary N) is 1. The maximum absolute atomic E-state index is 13.3. The van der Waals surface area contributed by atoms with Crippen LogP contribution in [0.15, 0.2) is 36.4 Å². The van der Waals surface area contributed by atoms with Crippen molar-refractivity contribution in [3.63, 3.8) is 0 Å². The third kappa shape index (κ3) is 6.78. The summed E-state index contributed by atoms with van der Waals surface area (Å²) in [6, 6.07) is 9.45. The van der Waals surface area contributed by atoms with Crippen LogP contribution in [-0.2, 0) is 22.6 Å². The van der Waals surface area contributed by atoms with Crippen LogP contribution in [0.1, 0.15) is 37.8 Å². The minimum atomic E-state index is -0.637. The Kier molecular flexibility index (Phi) is 9.76. The Hall–Kier alpha value is -1.46. The quantitative estimate of drug-likeness (QED) is 0.457. The lowest BCUT2D eigenvalue weighted by Crippen LogP contribution is -2.49. The Morgan fingerprint density at radius 2 is 1.50 bits per heavy atom. The van der Waals surface area contributed by atoms with Crippen molar-refractivity contribution in [2.45, 2.75) is 45.7 Å². The van der Waals surface area contributed by atoms with E-state index in [9.17, 15) is 9.59 Å². The summed E-state index contributed by atoms with van der Waals surface area (Å²) >= 11 is 24.5. The van der Waals surface area contributed by atoms with Crippen LogP contribution >= 0.6 is 46.4 Å². The fraction of sp³-hybridized carbons (Fsp3) is 0.364. The van der Waals surface area contributed by atoms with Crippen LogP contribution in [0.25, 0.3) is 0 Å². The first-order chi connectivity index (χ1) is 14.3. The number of hydrogen-bond acceptors (Lipinski definition) is 2. The van der Waals surface area contributed by atoms with Crippen LogP contribution in [-0.4, -0.2) is 29.3 Å². The molecule has 1 N–H and O–H groups in total. The van der Waals surface area contributed by atoms with E-state index in [0.29, 0.717) is 44.2 Å². The topological polar surface area (TPSA) is 49.4 Å². The molecule has 2 amide bonds. The molecular weight excluding hydrogens is 466 g/mol. The summed E-state index contributed by atoms with van der Waals surface area (Å²) in [5.74, 6) is -0.427. The number of amides is 2. The first-order valence-corrected chi connectivity index (χ1v) is 11.2. The first-order valence-electron chi connectivity index (χ1n) is 9.71. The molecule has 0 aliphatic carbocycles. The van der Waals surface area contributed by atoms with Gasteiger partial charge in [0.15, 0.2) is 0 Å². The second-order valence-corrected chi connectivity index (χ2v) is 8.57. The van der Waals surface area contributed by atoms with Crippen molar-refractivity contribution >= 4 is 58.2 Å². The SMILES string of the molecule is CCCNC(=O)C(CC)N(Cc1ccc(Cl)cc1Cl)C(=O)Cc1ccc(Cl)cc1Cl. The van der Waals surface area contributed by atoms with Crippen molar-refractivity contribution in [3.05, 3.63) is 67.6 Å². The Labute approximate surface area is 197 Å². The van der Waals surface area contributed by atoms with Crippen LogP contribution in [0.3, 0.4) is 0 Å². The summed E-state index contributed by atoms with van der Waals surface area (Å²) in [7, 11) is 0. The number of halogens is 4. The third-order valence-corrected chi connectivity index (χ3v) is 5.82. The highest BCUT2D eigenvalue weighted by Gasteiger charge is 2.29. The number of nitrogens with zero attached hydrogens (tertiary/aromatic N) is 1. The molecule has 0 radical (unpaired) electrons. The average Bonchev–Trinajstić information content (AvgIpc) is 2.69. The molecule has 0 heterocycles. The largest absolute Gasteiger partial charge is 0.354 e. The van der Waals surface area contributed by atoms with Gasteiger partial charge in [0, 0.05) is 33.2 Å². The summed E-state index contributed by atoms with van der Waals surface area (Å²) in [6.07, 6.45) is 1.30. The Bertz CT molecular complexity index is 905. The van der Waals surface area contributed by atoms with Gasteiger partial charge in [-0.05, 0) is 48.2 Å². The molecule has 0 saturated carbocycles. The minimum absolute atomic E-state index is 0.0404. The van der Waals surface area contributed by atoms with E-state index in [1.165, 1.54) is 0 Å². The van der Waals surface area contributed by atoms with Gasteiger partial charge in [0.1, 0.15) is 6.04 Å². The van der Waals surface area contributed by atoms with E-state index in [0.717, 1.165) is 6.42 Å². The molecule has 2 aromatic rings. The summed E-state index contributed by atoms with van der Waals surface area (Å²) in [4.78, 5) is 27.6. The Morgan fingerprint density at radius 1 is 0.933 bits per heavy atom. The normalized spacial score (nSPS) is 11.8. The molecule has 1 unspecified atom stereocenters. The van der Waals surface area contributed by atoms with Gasteiger partial charge in [-0.1, -0.05) is 72.4 Å². The summed E-state index contributed by atoms with van der Waals surface area (Å²) in [5.41, 5.74) is 1.35. The lowest BCUT2D eigenvalue weighted by Gasteiger charge is -2.31. The van der Waals surface area contributed by atoms with Gasteiger partial charge in [-0.15, -0.1) is 0 Å². The van der Waals surface area contributed by atoms with Gasteiger partial charge in [0.05, 0.1) is 6.42 Å². The molecule has 2 rings (SSSR count). The number of rotatable bonds is 9. The molecule has 8 heteroatoms. The molecule has 0 aromatic heterocycles. The molecular formula is C22H24Cl4N2O2.